The van der Waals surface area contributed by atoms with Crippen molar-refractivity contribution in [2.75, 3.05) is 42.1 Å². The Hall–Kier alpha value is -2.40. The predicted octanol–water partition coefficient (Wildman–Crippen LogP) is 5.29. The minimum Gasteiger partial charge on any atom is -0.371 e. The average Bonchev–Trinajstić information content (AvgIpc) is 3.35. The van der Waals surface area contributed by atoms with E-state index in [-0.39, 0.29) is 6.03 Å². The molecule has 196 valence electrons. The van der Waals surface area contributed by atoms with Crippen LogP contribution in [0.5, 0.6) is 0 Å². The summed E-state index contributed by atoms with van der Waals surface area (Å²) in [7, 11) is 0. The normalized spacial score (nSPS) is 19.4. The number of halogens is 3. The van der Waals surface area contributed by atoms with Crippen LogP contribution in [0.1, 0.15) is 49.7 Å². The third-order valence-corrected chi connectivity index (χ3v) is 7.84. The van der Waals surface area contributed by atoms with E-state index < -0.39 is 11.7 Å². The van der Waals surface area contributed by atoms with Crippen LogP contribution in [-0.4, -0.2) is 70.1 Å². The lowest BCUT2D eigenvalue weighted by Gasteiger charge is -2.39. The van der Waals surface area contributed by atoms with Crippen molar-refractivity contribution in [2.24, 2.45) is 0 Å². The van der Waals surface area contributed by atoms with Crippen LogP contribution in [0.15, 0.2) is 30.5 Å². The molecule has 0 atom stereocenters. The third-order valence-electron chi connectivity index (χ3n) is 7.42. The Labute approximate surface area is 214 Å². The molecule has 5 rings (SSSR count). The zero-order valence-corrected chi connectivity index (χ0v) is 21.3. The van der Waals surface area contributed by atoms with Crippen molar-refractivity contribution < 1.29 is 18.0 Å². The molecule has 0 unspecified atom stereocenters. The van der Waals surface area contributed by atoms with Crippen LogP contribution in [0.25, 0.3) is 0 Å². The maximum absolute atomic E-state index is 13.5. The second-order valence-electron chi connectivity index (χ2n) is 9.89. The molecule has 36 heavy (non-hydrogen) atoms. The second kappa shape index (κ2) is 10.5. The number of amides is 1. The van der Waals surface area contributed by atoms with Gasteiger partial charge in [-0.05, 0) is 56.2 Å². The Morgan fingerprint density at radius 1 is 1.08 bits per heavy atom. The number of alkyl halides is 3. The minimum absolute atomic E-state index is 0.125. The highest BCUT2D eigenvalue weighted by Gasteiger charge is 2.38. The molecule has 1 N–H and O–H groups in total. The standard InChI is InChI=1S/C25H33F3N6OS/c1-36-30-23-10-15-34(29-23)24(35)32-13-8-21(9-14-32)33(20-6-7-20)17-18-4-5-19(25(26,27)28)16-22(18)31-11-2-3-12-31/h4-5,10,15-16,20-21H,2-3,6-9,11-14,17H2,1H3,(H,29,30). The molecule has 2 aromatic rings. The Kier molecular flexibility index (Phi) is 7.39. The van der Waals surface area contributed by atoms with Gasteiger partial charge in [-0.25, -0.2) is 4.79 Å². The highest BCUT2D eigenvalue weighted by molar-refractivity contribution is 7.99. The molecular weight excluding hydrogens is 489 g/mol. The lowest BCUT2D eigenvalue weighted by atomic mass is 10.0. The maximum Gasteiger partial charge on any atom is 0.416 e. The Morgan fingerprint density at radius 2 is 1.78 bits per heavy atom. The molecule has 0 radical (unpaired) electrons. The molecule has 2 saturated heterocycles. The van der Waals surface area contributed by atoms with Gasteiger partial charge in [0.05, 0.1) is 5.56 Å². The van der Waals surface area contributed by atoms with Crippen molar-refractivity contribution in [3.8, 4) is 0 Å². The number of nitrogens with zero attached hydrogens (tertiary/aromatic N) is 5. The molecule has 3 heterocycles. The molecule has 1 aromatic heterocycles. The topological polar surface area (TPSA) is 56.6 Å². The van der Waals surface area contributed by atoms with Crippen molar-refractivity contribution in [1.82, 2.24) is 19.6 Å². The van der Waals surface area contributed by atoms with Gasteiger partial charge in [0.1, 0.15) is 0 Å². The molecule has 11 heteroatoms. The number of nitrogens with one attached hydrogen (secondary N) is 1. The van der Waals surface area contributed by atoms with Gasteiger partial charge in [0.25, 0.3) is 0 Å². The molecular formula is C25H33F3N6OS. The monoisotopic (exact) mass is 522 g/mol. The van der Waals surface area contributed by atoms with Crippen molar-refractivity contribution >= 4 is 29.5 Å². The van der Waals surface area contributed by atoms with E-state index in [2.05, 4.69) is 19.6 Å². The number of piperidine rings is 1. The van der Waals surface area contributed by atoms with Gasteiger partial charge in [0.2, 0.25) is 0 Å². The van der Waals surface area contributed by atoms with E-state index in [1.54, 1.807) is 18.3 Å². The van der Waals surface area contributed by atoms with E-state index in [9.17, 15) is 18.0 Å². The molecule has 7 nitrogen and oxygen atoms in total. The van der Waals surface area contributed by atoms with Crippen LogP contribution in [-0.2, 0) is 12.7 Å². The Balaban J connectivity index is 1.28. The Bertz CT molecular complexity index is 1060. The first-order valence-electron chi connectivity index (χ1n) is 12.7. The summed E-state index contributed by atoms with van der Waals surface area (Å²) in [6.07, 6.45) is 5.19. The summed E-state index contributed by atoms with van der Waals surface area (Å²) in [5, 5.41) is 4.29. The highest BCUT2D eigenvalue weighted by atomic mass is 32.2. The molecule has 3 aliphatic rings. The molecule has 1 aromatic carbocycles. The van der Waals surface area contributed by atoms with Crippen LogP contribution >= 0.6 is 11.9 Å². The number of anilines is 2. The van der Waals surface area contributed by atoms with Crippen molar-refractivity contribution in [1.29, 1.82) is 0 Å². The second-order valence-corrected chi connectivity index (χ2v) is 10.5. The fraction of sp³-hybridized carbons (Fsp3) is 0.600. The van der Waals surface area contributed by atoms with Gasteiger partial charge in [-0.2, -0.15) is 17.9 Å². The maximum atomic E-state index is 13.5. The van der Waals surface area contributed by atoms with E-state index >= 15 is 0 Å². The summed E-state index contributed by atoms with van der Waals surface area (Å²) in [6, 6.07) is 6.68. The van der Waals surface area contributed by atoms with E-state index in [4.69, 9.17) is 0 Å². The van der Waals surface area contributed by atoms with Crippen LogP contribution in [0.3, 0.4) is 0 Å². The number of hydrogen-bond acceptors (Lipinski definition) is 6. The van der Waals surface area contributed by atoms with Crippen LogP contribution < -0.4 is 9.62 Å². The van der Waals surface area contributed by atoms with Crippen molar-refractivity contribution in [3.63, 3.8) is 0 Å². The van der Waals surface area contributed by atoms with Crippen LogP contribution in [0.2, 0.25) is 0 Å². The number of likely N-dealkylation sites (tertiary alicyclic amines) is 1. The number of benzene rings is 1. The summed E-state index contributed by atoms with van der Waals surface area (Å²) in [6.45, 7) is 3.55. The molecule has 1 aliphatic carbocycles. The number of carbonyl (C=O) groups is 1. The predicted molar refractivity (Wildman–Crippen MR) is 136 cm³/mol. The number of hydrogen-bond donors (Lipinski definition) is 1. The summed E-state index contributed by atoms with van der Waals surface area (Å²) in [4.78, 5) is 19.4. The zero-order chi connectivity index (χ0) is 25.3. The quantitative estimate of drug-likeness (QED) is 0.499. The fourth-order valence-electron chi connectivity index (χ4n) is 5.41. The van der Waals surface area contributed by atoms with Crippen LogP contribution in [0, 0.1) is 0 Å². The van der Waals surface area contributed by atoms with Crippen molar-refractivity contribution in [2.45, 2.75) is 63.3 Å². The minimum atomic E-state index is -4.34. The van der Waals surface area contributed by atoms with Gasteiger partial charge >= 0.3 is 12.2 Å². The van der Waals surface area contributed by atoms with Crippen LogP contribution in [0.4, 0.5) is 29.5 Å². The zero-order valence-electron chi connectivity index (χ0n) is 20.5. The molecule has 2 aliphatic heterocycles. The summed E-state index contributed by atoms with van der Waals surface area (Å²) < 4.78 is 44.8. The first-order valence-corrected chi connectivity index (χ1v) is 13.9. The first-order chi connectivity index (χ1) is 17.3. The van der Waals surface area contributed by atoms with Crippen molar-refractivity contribution in [3.05, 3.63) is 41.6 Å². The summed E-state index contributed by atoms with van der Waals surface area (Å²) in [5.74, 6) is 0.649. The average molecular weight is 523 g/mol. The highest BCUT2D eigenvalue weighted by Crippen LogP contribution is 2.38. The van der Waals surface area contributed by atoms with Gasteiger partial charge in [-0.1, -0.05) is 18.0 Å². The third kappa shape index (κ3) is 5.61. The largest absolute Gasteiger partial charge is 0.416 e. The molecule has 0 spiro atoms. The van der Waals surface area contributed by atoms with E-state index in [0.717, 1.165) is 62.9 Å². The fourth-order valence-corrected chi connectivity index (χ4v) is 5.73. The van der Waals surface area contributed by atoms with E-state index in [1.807, 2.05) is 11.2 Å². The van der Waals surface area contributed by atoms with E-state index in [0.29, 0.717) is 37.5 Å². The lowest BCUT2D eigenvalue weighted by Crippen LogP contribution is -2.48. The smallest absolute Gasteiger partial charge is 0.371 e. The first kappa shape index (κ1) is 25.3. The Morgan fingerprint density at radius 3 is 2.42 bits per heavy atom. The van der Waals surface area contributed by atoms with Gasteiger partial charge in [-0.15, -0.1) is 5.10 Å². The van der Waals surface area contributed by atoms with Gasteiger partial charge < -0.3 is 14.5 Å². The number of rotatable bonds is 7. The van der Waals surface area contributed by atoms with E-state index in [1.165, 1.54) is 28.8 Å². The molecule has 0 bridgehead atoms. The SMILES string of the molecule is CSNc1ccn(C(=O)N2CCC(N(Cc3ccc(C(F)(F)F)cc3N3CCCC3)C3CC3)CC2)n1. The van der Waals surface area contributed by atoms with Gasteiger partial charge in [0.15, 0.2) is 5.82 Å². The van der Waals surface area contributed by atoms with Gasteiger partial charge in [-0.3, -0.25) is 4.90 Å². The van der Waals surface area contributed by atoms with Gasteiger partial charge in [0, 0.05) is 69.0 Å². The molecule has 1 amide bonds. The molecule has 1 saturated carbocycles. The lowest BCUT2D eigenvalue weighted by molar-refractivity contribution is -0.137. The number of aromatic nitrogens is 2. The summed E-state index contributed by atoms with van der Waals surface area (Å²) in [5.41, 5.74) is 1.13. The summed E-state index contributed by atoms with van der Waals surface area (Å²) >= 11 is 1.42. The number of carbonyl (C=O) groups excluding carboxylic acids is 1. The molecule has 3 fully saturated rings.